The molecular weight excluding hydrogens is 199 g/mol. The number of amides is 1. The van der Waals surface area contributed by atoms with E-state index in [1.165, 1.54) is 7.11 Å². The molecule has 84 valence electrons. The Morgan fingerprint density at radius 1 is 1.56 bits per heavy atom. The zero-order chi connectivity index (χ0) is 11.3. The molecule has 1 unspecified atom stereocenters. The molecule has 0 fully saturated rings. The van der Waals surface area contributed by atoms with E-state index in [0.29, 0.717) is 19.6 Å². The SMILES string of the molecule is CCN(CC)C(=O)C1(OC)[C-]=CC=NC1.[Li+]. The fourth-order valence-corrected chi connectivity index (χ4v) is 1.56. The molecule has 16 heavy (non-hydrogen) atoms. The summed E-state index contributed by atoms with van der Waals surface area (Å²) in [6.07, 6.45) is 6.21. The average Bonchev–Trinajstić information content (AvgIpc) is 2.31. The molecule has 0 N–H and O–H groups in total. The zero-order valence-electron chi connectivity index (χ0n) is 10.5. The minimum atomic E-state index is -1.01. The van der Waals surface area contributed by atoms with Crippen molar-refractivity contribution in [3.8, 4) is 0 Å². The molecule has 0 aromatic carbocycles. The summed E-state index contributed by atoms with van der Waals surface area (Å²) in [5.41, 5.74) is -1.01. The number of hydrogen-bond donors (Lipinski definition) is 0. The molecule has 0 spiro atoms. The van der Waals surface area contributed by atoms with Gasteiger partial charge in [-0.1, -0.05) is 0 Å². The molecule has 1 rings (SSSR count). The number of nitrogens with zero attached hydrogens (tertiary/aromatic N) is 2. The first-order chi connectivity index (χ1) is 7.20. The smallest absolute Gasteiger partial charge is 0.384 e. The van der Waals surface area contributed by atoms with E-state index in [-0.39, 0.29) is 24.8 Å². The standard InChI is InChI=1S/C11H17N2O2.Li/c1-4-13(5-2)10(14)11(15-3)7-6-8-12-9-11;/h6,8H,4-5,9H2,1-3H3;/q-1;+1. The van der Waals surface area contributed by atoms with Gasteiger partial charge in [0.2, 0.25) is 5.91 Å². The van der Waals surface area contributed by atoms with Crippen molar-refractivity contribution in [3.63, 3.8) is 0 Å². The van der Waals surface area contributed by atoms with Gasteiger partial charge in [0.05, 0.1) is 0 Å². The molecule has 1 heterocycles. The number of likely N-dealkylation sites (N-methyl/N-ethyl adjacent to an activating group) is 1. The maximum atomic E-state index is 12.2. The number of carbonyl (C=O) groups excluding carboxylic acids is 1. The van der Waals surface area contributed by atoms with Gasteiger partial charge in [0.25, 0.3) is 0 Å². The van der Waals surface area contributed by atoms with Crippen molar-refractivity contribution in [2.24, 2.45) is 4.99 Å². The third-order valence-corrected chi connectivity index (χ3v) is 2.55. The summed E-state index contributed by atoms with van der Waals surface area (Å²) in [7, 11) is 1.52. The van der Waals surface area contributed by atoms with Crippen LogP contribution in [0.2, 0.25) is 0 Å². The summed E-state index contributed by atoms with van der Waals surface area (Å²) in [5, 5.41) is 0. The minimum Gasteiger partial charge on any atom is -0.384 e. The number of methoxy groups -OCH3 is 1. The summed E-state index contributed by atoms with van der Waals surface area (Å²) in [5.74, 6) is -0.0666. The normalized spacial score (nSPS) is 22.7. The quantitative estimate of drug-likeness (QED) is 0.391. The van der Waals surface area contributed by atoms with Crippen LogP contribution in [0.1, 0.15) is 13.8 Å². The Balaban J connectivity index is 0.00000225. The third-order valence-electron chi connectivity index (χ3n) is 2.55. The Morgan fingerprint density at radius 3 is 2.56 bits per heavy atom. The van der Waals surface area contributed by atoms with Crippen LogP contribution < -0.4 is 18.9 Å². The molecule has 0 bridgehead atoms. The second-order valence-electron chi connectivity index (χ2n) is 3.31. The maximum Gasteiger partial charge on any atom is 1.00 e. The van der Waals surface area contributed by atoms with Crippen molar-refractivity contribution in [2.45, 2.75) is 19.4 Å². The molecule has 1 atom stereocenters. The molecular formula is C11H17LiN2O2. The van der Waals surface area contributed by atoms with Crippen molar-refractivity contribution < 1.29 is 28.4 Å². The number of allylic oxidation sites excluding steroid dienone is 1. The predicted molar refractivity (Wildman–Crippen MR) is 58.8 cm³/mol. The second kappa shape index (κ2) is 6.90. The average molecular weight is 216 g/mol. The fraction of sp³-hybridized carbons (Fsp3) is 0.636. The summed E-state index contributed by atoms with van der Waals surface area (Å²) >= 11 is 0. The van der Waals surface area contributed by atoms with Crippen LogP contribution in [0.4, 0.5) is 0 Å². The second-order valence-corrected chi connectivity index (χ2v) is 3.31. The van der Waals surface area contributed by atoms with Gasteiger partial charge >= 0.3 is 18.9 Å². The van der Waals surface area contributed by atoms with E-state index in [1.807, 2.05) is 13.8 Å². The topological polar surface area (TPSA) is 41.9 Å². The molecule has 0 radical (unpaired) electrons. The first kappa shape index (κ1) is 15.4. The Bertz CT molecular complexity index is 288. The number of carbonyl (C=O) groups is 1. The maximum absolute atomic E-state index is 12.2. The molecule has 0 aliphatic carbocycles. The van der Waals surface area contributed by atoms with Crippen molar-refractivity contribution in [3.05, 3.63) is 12.2 Å². The Labute approximate surface area is 109 Å². The summed E-state index contributed by atoms with van der Waals surface area (Å²) in [6.45, 7) is 5.55. The monoisotopic (exact) mass is 216 g/mol. The van der Waals surface area contributed by atoms with Gasteiger partial charge in [-0.05, 0) is 13.8 Å². The van der Waals surface area contributed by atoms with Crippen LogP contribution in [-0.4, -0.2) is 49.4 Å². The first-order valence-corrected chi connectivity index (χ1v) is 5.14. The molecule has 1 aliphatic rings. The van der Waals surface area contributed by atoms with Gasteiger partial charge in [-0.3, -0.25) is 4.79 Å². The van der Waals surface area contributed by atoms with E-state index in [1.54, 1.807) is 17.2 Å². The molecule has 0 aromatic heterocycles. The van der Waals surface area contributed by atoms with Gasteiger partial charge < -0.3 is 14.6 Å². The fourth-order valence-electron chi connectivity index (χ4n) is 1.56. The van der Waals surface area contributed by atoms with Crippen molar-refractivity contribution >= 4 is 12.1 Å². The Hall–Kier alpha value is -0.563. The number of ether oxygens (including phenoxy) is 1. The van der Waals surface area contributed by atoms with Crippen LogP contribution in [0.25, 0.3) is 0 Å². The minimum absolute atomic E-state index is 0. The van der Waals surface area contributed by atoms with E-state index < -0.39 is 5.60 Å². The van der Waals surface area contributed by atoms with Crippen LogP contribution in [0, 0.1) is 6.08 Å². The van der Waals surface area contributed by atoms with Crippen LogP contribution in [0.15, 0.2) is 11.1 Å². The molecule has 1 aliphatic heterocycles. The molecule has 0 saturated heterocycles. The van der Waals surface area contributed by atoms with Gasteiger partial charge in [0, 0.05) is 26.7 Å². The molecule has 5 heteroatoms. The van der Waals surface area contributed by atoms with Crippen molar-refractivity contribution in [1.29, 1.82) is 0 Å². The number of dihydropyridines is 1. The van der Waals surface area contributed by atoms with Crippen molar-refractivity contribution in [1.82, 2.24) is 4.90 Å². The predicted octanol–water partition coefficient (Wildman–Crippen LogP) is -2.31. The van der Waals surface area contributed by atoms with E-state index in [9.17, 15) is 4.79 Å². The van der Waals surface area contributed by atoms with E-state index >= 15 is 0 Å². The summed E-state index contributed by atoms with van der Waals surface area (Å²) < 4.78 is 5.28. The van der Waals surface area contributed by atoms with Gasteiger partial charge in [-0.25, -0.2) is 12.2 Å². The number of rotatable bonds is 4. The van der Waals surface area contributed by atoms with Gasteiger partial charge in [-0.2, -0.15) is 0 Å². The van der Waals surface area contributed by atoms with Crippen LogP contribution in [-0.2, 0) is 9.53 Å². The molecule has 0 saturated carbocycles. The van der Waals surface area contributed by atoms with Gasteiger partial charge in [0.1, 0.15) is 5.60 Å². The van der Waals surface area contributed by atoms with Crippen molar-refractivity contribution in [2.75, 3.05) is 26.7 Å². The summed E-state index contributed by atoms with van der Waals surface area (Å²) in [6, 6.07) is 0. The number of aliphatic imine (C=N–C) groups is 1. The van der Waals surface area contributed by atoms with E-state index in [0.717, 1.165) is 0 Å². The molecule has 4 nitrogen and oxygen atoms in total. The van der Waals surface area contributed by atoms with E-state index in [2.05, 4.69) is 11.1 Å². The summed E-state index contributed by atoms with van der Waals surface area (Å²) in [4.78, 5) is 17.9. The molecule has 0 aromatic rings. The largest absolute Gasteiger partial charge is 1.00 e. The Morgan fingerprint density at radius 2 is 2.19 bits per heavy atom. The van der Waals surface area contributed by atoms with Gasteiger partial charge in [0.15, 0.2) is 0 Å². The first-order valence-electron chi connectivity index (χ1n) is 5.14. The van der Waals surface area contributed by atoms with Crippen LogP contribution in [0.5, 0.6) is 0 Å². The van der Waals surface area contributed by atoms with Gasteiger partial charge in [-0.15, -0.1) is 6.21 Å². The zero-order valence-corrected chi connectivity index (χ0v) is 10.5. The third kappa shape index (κ3) is 2.97. The van der Waals surface area contributed by atoms with Crippen LogP contribution >= 0.6 is 0 Å². The number of hydrogen-bond acceptors (Lipinski definition) is 3. The van der Waals surface area contributed by atoms with Crippen LogP contribution in [0.3, 0.4) is 0 Å². The van der Waals surface area contributed by atoms with E-state index in [4.69, 9.17) is 4.74 Å². The molecule has 1 amide bonds. The Kier molecular flexibility index (Phi) is 6.66.